The second-order valence-electron chi connectivity index (χ2n) is 11.5. The molecule has 0 aromatic heterocycles. The molecule has 234 valence electrons. The lowest BCUT2D eigenvalue weighted by atomic mass is 9.63. The Morgan fingerprint density at radius 3 is 2.52 bits per heavy atom. The van der Waals surface area contributed by atoms with Gasteiger partial charge in [-0.3, -0.25) is 19.7 Å². The molecule has 1 amide bonds. The average Bonchev–Trinajstić information content (AvgIpc) is 3.49. The number of methoxy groups -OCH3 is 1. The molecule has 0 bridgehead atoms. The molecular weight excluding hydrogens is 683 g/mol. The number of carbonyl (C=O) groups excluding carboxylic acids is 2. The first-order valence-electron chi connectivity index (χ1n) is 14.4. The van der Waals surface area contributed by atoms with Crippen molar-refractivity contribution in [2.75, 3.05) is 12.0 Å². The summed E-state index contributed by atoms with van der Waals surface area (Å²) in [7, 11) is 1.18. The number of nitro groups is 1. The second-order valence-corrected chi connectivity index (χ2v) is 12.8. The Morgan fingerprint density at radius 2 is 1.83 bits per heavy atom. The van der Waals surface area contributed by atoms with Gasteiger partial charge in [0, 0.05) is 25.5 Å². The molecule has 46 heavy (non-hydrogen) atoms. The first-order chi connectivity index (χ1) is 22.1. The van der Waals surface area contributed by atoms with Crippen molar-refractivity contribution < 1.29 is 33.1 Å². The third-order valence-corrected chi connectivity index (χ3v) is 9.89. The van der Waals surface area contributed by atoms with Crippen LogP contribution < -0.4 is 9.64 Å². The molecule has 9 nitrogen and oxygen atoms in total. The lowest BCUT2D eigenvalue weighted by Gasteiger charge is -2.42. The molecule has 5 atom stereocenters. The van der Waals surface area contributed by atoms with Gasteiger partial charge in [0.15, 0.2) is 17.8 Å². The quantitative estimate of drug-likeness (QED) is 0.122. The second kappa shape index (κ2) is 11.2. The summed E-state index contributed by atoms with van der Waals surface area (Å²) < 4.78 is 33.8. The van der Waals surface area contributed by atoms with Gasteiger partial charge in [0.25, 0.3) is 11.4 Å². The van der Waals surface area contributed by atoms with E-state index in [1.807, 2.05) is 30.3 Å². The zero-order valence-electron chi connectivity index (χ0n) is 24.2. The van der Waals surface area contributed by atoms with Gasteiger partial charge in [0.1, 0.15) is 17.5 Å². The van der Waals surface area contributed by atoms with Gasteiger partial charge in [-0.2, -0.15) is 0 Å². The van der Waals surface area contributed by atoms with Crippen LogP contribution in [-0.4, -0.2) is 35.6 Å². The molecule has 4 aromatic carbocycles. The summed E-state index contributed by atoms with van der Waals surface area (Å²) in [5, 5.41) is 14.1. The SMILES string of the molecule is COC(=O)C[C@H]1Oc2ccc(Cl)cc2[C@H]2[C@]1([N+](=O)[O-])[C@H](c1ccc(Br)cc1)O[C@@]21C(=O)N(Cc2ccccc2)c2cc(F)ccc21. The van der Waals surface area contributed by atoms with E-state index in [9.17, 15) is 19.3 Å². The Balaban J connectivity index is 1.56. The number of rotatable bonds is 6. The topological polar surface area (TPSA) is 108 Å². The number of nitrogens with zero attached hydrogens (tertiary/aromatic N) is 2. The van der Waals surface area contributed by atoms with Gasteiger partial charge in [0.05, 0.1) is 25.8 Å². The first-order valence-corrected chi connectivity index (χ1v) is 15.5. The molecule has 3 aliphatic rings. The molecule has 0 N–H and O–H groups in total. The summed E-state index contributed by atoms with van der Waals surface area (Å²) in [6, 6.07) is 24.4. The van der Waals surface area contributed by atoms with Gasteiger partial charge in [-0.15, -0.1) is 0 Å². The molecule has 0 unspecified atom stereocenters. The Bertz CT molecular complexity index is 1890. The molecule has 0 saturated carbocycles. The van der Waals surface area contributed by atoms with Crippen LogP contribution in [0.2, 0.25) is 5.02 Å². The van der Waals surface area contributed by atoms with Crippen molar-refractivity contribution in [2.24, 2.45) is 0 Å². The van der Waals surface area contributed by atoms with Crippen molar-refractivity contribution in [2.45, 2.75) is 42.2 Å². The van der Waals surface area contributed by atoms with E-state index in [0.29, 0.717) is 10.0 Å². The van der Waals surface area contributed by atoms with Crippen LogP contribution in [-0.2, 0) is 31.2 Å². The van der Waals surface area contributed by atoms with Gasteiger partial charge in [-0.1, -0.05) is 76.1 Å². The van der Waals surface area contributed by atoms with Crippen molar-refractivity contribution in [3.63, 3.8) is 0 Å². The van der Waals surface area contributed by atoms with Crippen LogP contribution in [0.25, 0.3) is 0 Å². The predicted octanol–water partition coefficient (Wildman–Crippen LogP) is 6.88. The number of amides is 1. The van der Waals surface area contributed by atoms with Crippen LogP contribution in [0.15, 0.2) is 95.5 Å². The number of hydrogen-bond donors (Lipinski definition) is 0. The summed E-state index contributed by atoms with van der Waals surface area (Å²) in [6.07, 6.45) is -3.37. The van der Waals surface area contributed by atoms with E-state index < -0.39 is 58.3 Å². The largest absolute Gasteiger partial charge is 0.482 e. The summed E-state index contributed by atoms with van der Waals surface area (Å²) in [6.45, 7) is 0.0485. The molecule has 1 spiro atoms. The van der Waals surface area contributed by atoms with Crippen LogP contribution in [0.1, 0.15) is 40.7 Å². The highest BCUT2D eigenvalue weighted by atomic mass is 79.9. The number of ether oxygens (including phenoxy) is 3. The van der Waals surface area contributed by atoms with E-state index in [4.69, 9.17) is 25.8 Å². The van der Waals surface area contributed by atoms with Crippen LogP contribution in [0.4, 0.5) is 10.1 Å². The van der Waals surface area contributed by atoms with E-state index in [0.717, 1.165) is 5.56 Å². The number of anilines is 1. The summed E-state index contributed by atoms with van der Waals surface area (Å²) in [5.41, 5.74) is -2.43. The van der Waals surface area contributed by atoms with E-state index >= 15 is 4.79 Å². The van der Waals surface area contributed by atoms with E-state index in [1.54, 1.807) is 36.4 Å². The zero-order valence-corrected chi connectivity index (χ0v) is 26.5. The Kier molecular flexibility index (Phi) is 7.38. The lowest BCUT2D eigenvalue weighted by molar-refractivity contribution is -0.593. The maximum atomic E-state index is 15.1. The fourth-order valence-corrected chi connectivity index (χ4v) is 7.71. The molecular formula is C34H25BrClFN2O7. The van der Waals surface area contributed by atoms with Gasteiger partial charge in [-0.05, 0) is 53.6 Å². The molecule has 3 heterocycles. The fraction of sp³-hybridized carbons (Fsp3) is 0.235. The summed E-state index contributed by atoms with van der Waals surface area (Å²) in [5.74, 6) is -3.12. The molecule has 3 aliphatic heterocycles. The smallest absolute Gasteiger partial charge is 0.309 e. The Labute approximate surface area is 276 Å². The summed E-state index contributed by atoms with van der Waals surface area (Å²) >= 11 is 9.92. The van der Waals surface area contributed by atoms with Gasteiger partial charge in [-0.25, -0.2) is 4.39 Å². The van der Waals surface area contributed by atoms with E-state index in [2.05, 4.69) is 15.9 Å². The number of benzene rings is 4. The van der Waals surface area contributed by atoms with Crippen molar-refractivity contribution in [3.05, 3.63) is 139 Å². The average molecular weight is 708 g/mol. The van der Waals surface area contributed by atoms with Crippen molar-refractivity contribution in [1.29, 1.82) is 0 Å². The summed E-state index contributed by atoms with van der Waals surface area (Å²) in [4.78, 5) is 42.7. The number of halogens is 3. The van der Waals surface area contributed by atoms with Crippen LogP contribution in [0, 0.1) is 15.9 Å². The van der Waals surface area contributed by atoms with E-state index in [1.165, 1.54) is 36.3 Å². The van der Waals surface area contributed by atoms with Crippen LogP contribution in [0.5, 0.6) is 5.75 Å². The monoisotopic (exact) mass is 706 g/mol. The standard InChI is InChI=1S/C34H25BrClFN2O7/c1-44-29(40)17-28-33(39(42)43)30(24-15-22(36)11-14-27(24)45-28)34(46-31(33)20-7-9-21(35)10-8-20)25-13-12-23(37)16-26(25)38(32(34)41)18-19-5-3-2-4-6-19/h2-16,28,30-31H,17-18H2,1H3/t28-,30+,31+,33+,34-/m1/s1. The molecule has 1 saturated heterocycles. The number of hydrogen-bond acceptors (Lipinski definition) is 7. The van der Waals surface area contributed by atoms with Gasteiger partial charge in [0.2, 0.25) is 0 Å². The molecule has 12 heteroatoms. The Hall–Kier alpha value is -4.32. The number of carbonyl (C=O) groups is 2. The van der Waals surface area contributed by atoms with Crippen molar-refractivity contribution in [1.82, 2.24) is 0 Å². The minimum Gasteiger partial charge on any atom is -0.482 e. The zero-order chi connectivity index (χ0) is 32.4. The minimum absolute atomic E-state index is 0.0485. The Morgan fingerprint density at radius 1 is 1.09 bits per heavy atom. The number of esters is 1. The molecule has 1 fully saturated rings. The normalized spacial score (nSPS) is 25.9. The molecule has 0 aliphatic carbocycles. The van der Waals surface area contributed by atoms with Crippen LogP contribution >= 0.6 is 27.5 Å². The highest BCUT2D eigenvalue weighted by molar-refractivity contribution is 9.10. The van der Waals surface area contributed by atoms with Gasteiger partial charge >= 0.3 is 5.97 Å². The molecule has 7 rings (SSSR count). The molecule has 4 aromatic rings. The maximum absolute atomic E-state index is 15.1. The van der Waals surface area contributed by atoms with Gasteiger partial charge < -0.3 is 19.1 Å². The van der Waals surface area contributed by atoms with Crippen molar-refractivity contribution in [3.8, 4) is 5.75 Å². The third-order valence-electron chi connectivity index (χ3n) is 9.13. The maximum Gasteiger partial charge on any atom is 0.309 e. The third kappa shape index (κ3) is 4.36. The van der Waals surface area contributed by atoms with E-state index in [-0.39, 0.29) is 34.1 Å². The predicted molar refractivity (Wildman–Crippen MR) is 169 cm³/mol. The fourth-order valence-electron chi connectivity index (χ4n) is 7.26. The highest BCUT2D eigenvalue weighted by Gasteiger charge is 2.82. The highest BCUT2D eigenvalue weighted by Crippen LogP contribution is 2.69. The number of fused-ring (bicyclic) bond motifs is 6. The van der Waals surface area contributed by atoms with Crippen molar-refractivity contribution >= 4 is 45.1 Å². The minimum atomic E-state index is -2.26. The van der Waals surface area contributed by atoms with Crippen LogP contribution in [0.3, 0.4) is 0 Å². The first kappa shape index (κ1) is 30.3. The lowest BCUT2D eigenvalue weighted by Crippen LogP contribution is -2.62. The molecule has 0 radical (unpaired) electrons.